The Balaban J connectivity index is 0.00000361. The monoisotopic (exact) mass is 365 g/mol. The molecule has 1 heterocycles. The summed E-state index contributed by atoms with van der Waals surface area (Å²) in [7, 11) is 1.65. The summed E-state index contributed by atoms with van der Waals surface area (Å²) in [4.78, 5) is 23.2. The molecule has 5 nitrogen and oxygen atoms in total. The highest BCUT2D eigenvalue weighted by Crippen LogP contribution is 2.12. The Morgan fingerprint density at radius 3 is 2.60 bits per heavy atom. The van der Waals surface area contributed by atoms with Crippen molar-refractivity contribution in [1.82, 2.24) is 4.57 Å². The van der Waals surface area contributed by atoms with E-state index in [2.05, 4.69) is 21.2 Å². The molecule has 20 heavy (non-hydrogen) atoms. The van der Waals surface area contributed by atoms with E-state index in [1.165, 1.54) is 4.57 Å². The molecule has 1 aromatic heterocycles. The average molecular weight is 367 g/mol. The number of nitrogens with zero attached hydrogens (tertiary/aromatic N) is 1. The first-order chi connectivity index (χ1) is 9.04. The molecule has 0 unspecified atom stereocenters. The van der Waals surface area contributed by atoms with Gasteiger partial charge in [-0.05, 0) is 41.4 Å². The quantitative estimate of drug-likeness (QED) is 0.728. The Bertz CT molecular complexity index is 465. The molecule has 0 bridgehead atoms. The zero-order valence-electron chi connectivity index (χ0n) is 11.5. The minimum absolute atomic E-state index is 0. The van der Waals surface area contributed by atoms with Crippen molar-refractivity contribution in [3.63, 3.8) is 0 Å². The maximum absolute atomic E-state index is 11.7. The van der Waals surface area contributed by atoms with Crippen LogP contribution in [0.25, 0.3) is 0 Å². The molecular weight excluding hydrogens is 346 g/mol. The molecular formula is C13H21BrClN3O2. The van der Waals surface area contributed by atoms with Gasteiger partial charge in [-0.2, -0.15) is 0 Å². The lowest BCUT2D eigenvalue weighted by Gasteiger charge is -2.07. The van der Waals surface area contributed by atoms with Crippen molar-refractivity contribution in [2.75, 3.05) is 11.9 Å². The second-order valence-corrected chi connectivity index (χ2v) is 5.35. The number of nitrogens with one attached hydrogen (secondary N) is 1. The summed E-state index contributed by atoms with van der Waals surface area (Å²) in [6.45, 7) is 0.707. The first kappa shape index (κ1) is 19.1. The van der Waals surface area contributed by atoms with E-state index in [0.717, 1.165) is 25.7 Å². The number of rotatable bonds is 7. The van der Waals surface area contributed by atoms with E-state index in [0.29, 0.717) is 23.1 Å². The molecule has 0 atom stereocenters. The number of unbranched alkanes of at least 4 members (excludes halogenated alkanes) is 3. The molecule has 3 N–H and O–H groups in total. The molecule has 0 saturated heterocycles. The Morgan fingerprint density at radius 1 is 1.35 bits per heavy atom. The maximum atomic E-state index is 11.7. The molecule has 0 fully saturated rings. The molecule has 1 aromatic rings. The van der Waals surface area contributed by atoms with E-state index in [4.69, 9.17) is 5.73 Å². The minimum atomic E-state index is -0.125. The van der Waals surface area contributed by atoms with Crippen LogP contribution < -0.4 is 16.6 Å². The van der Waals surface area contributed by atoms with Gasteiger partial charge in [0.1, 0.15) is 0 Å². The van der Waals surface area contributed by atoms with Crippen molar-refractivity contribution in [3.8, 4) is 0 Å². The van der Waals surface area contributed by atoms with Crippen molar-refractivity contribution in [3.05, 3.63) is 27.1 Å². The van der Waals surface area contributed by atoms with Crippen LogP contribution in [0.4, 0.5) is 5.69 Å². The number of aryl methyl sites for hydroxylation is 1. The number of anilines is 1. The Labute approximate surface area is 133 Å². The van der Waals surface area contributed by atoms with Gasteiger partial charge in [-0.3, -0.25) is 9.59 Å². The molecule has 0 spiro atoms. The third kappa shape index (κ3) is 6.54. The molecule has 0 aliphatic carbocycles. The molecule has 1 amide bonds. The van der Waals surface area contributed by atoms with Crippen molar-refractivity contribution in [2.24, 2.45) is 12.8 Å². The summed E-state index contributed by atoms with van der Waals surface area (Å²) < 4.78 is 1.87. The number of amides is 1. The van der Waals surface area contributed by atoms with Gasteiger partial charge < -0.3 is 15.6 Å². The predicted octanol–water partition coefficient (Wildman–Crippen LogP) is 2.42. The lowest BCUT2D eigenvalue weighted by Crippen LogP contribution is -2.19. The van der Waals surface area contributed by atoms with Gasteiger partial charge in [0.2, 0.25) is 5.91 Å². The standard InChI is InChI=1S/C13H20BrN3O2.ClH/c1-17-9-10(8-11(14)13(17)19)16-12(18)6-4-2-3-5-7-15;/h8-9H,2-7,15H2,1H3,(H,16,18);1H. The van der Waals surface area contributed by atoms with Gasteiger partial charge in [0, 0.05) is 19.7 Å². The van der Waals surface area contributed by atoms with Gasteiger partial charge in [0.05, 0.1) is 10.2 Å². The van der Waals surface area contributed by atoms with Crippen LogP contribution in [0, 0.1) is 0 Å². The first-order valence-corrected chi connectivity index (χ1v) is 7.20. The van der Waals surface area contributed by atoms with Crippen LogP contribution in [0.1, 0.15) is 32.1 Å². The van der Waals surface area contributed by atoms with Crippen LogP contribution >= 0.6 is 28.3 Å². The molecule has 0 saturated carbocycles. The summed E-state index contributed by atoms with van der Waals surface area (Å²) in [5.41, 5.74) is 5.90. The number of aromatic nitrogens is 1. The highest BCUT2D eigenvalue weighted by molar-refractivity contribution is 9.10. The Hall–Kier alpha value is -0.850. The summed E-state index contributed by atoms with van der Waals surface area (Å²) in [6.07, 6.45) is 6.05. The summed E-state index contributed by atoms with van der Waals surface area (Å²) >= 11 is 3.17. The van der Waals surface area contributed by atoms with E-state index in [-0.39, 0.29) is 23.9 Å². The summed E-state index contributed by atoms with van der Waals surface area (Å²) in [5, 5.41) is 2.79. The summed E-state index contributed by atoms with van der Waals surface area (Å²) in [6, 6.07) is 1.62. The molecule has 0 aromatic carbocycles. The van der Waals surface area contributed by atoms with E-state index in [9.17, 15) is 9.59 Å². The van der Waals surface area contributed by atoms with Crippen LogP contribution in [0.15, 0.2) is 21.5 Å². The molecule has 114 valence electrons. The maximum Gasteiger partial charge on any atom is 0.264 e. The molecule has 0 aliphatic heterocycles. The highest BCUT2D eigenvalue weighted by atomic mass is 79.9. The fraction of sp³-hybridized carbons (Fsp3) is 0.538. The second-order valence-electron chi connectivity index (χ2n) is 4.49. The van der Waals surface area contributed by atoms with Crippen LogP contribution in [0.5, 0.6) is 0 Å². The average Bonchev–Trinajstić information content (AvgIpc) is 2.35. The van der Waals surface area contributed by atoms with Crippen molar-refractivity contribution in [1.29, 1.82) is 0 Å². The van der Waals surface area contributed by atoms with Crippen LogP contribution in [-0.2, 0) is 11.8 Å². The van der Waals surface area contributed by atoms with Crippen LogP contribution in [0.2, 0.25) is 0 Å². The fourth-order valence-corrected chi connectivity index (χ4v) is 2.27. The molecule has 0 aliphatic rings. The van der Waals surface area contributed by atoms with Gasteiger partial charge in [0.15, 0.2) is 0 Å². The predicted molar refractivity (Wildman–Crippen MR) is 87.4 cm³/mol. The van der Waals surface area contributed by atoms with E-state index < -0.39 is 0 Å². The smallest absolute Gasteiger partial charge is 0.264 e. The van der Waals surface area contributed by atoms with Crippen LogP contribution in [0.3, 0.4) is 0 Å². The largest absolute Gasteiger partial charge is 0.330 e. The normalized spacial score (nSPS) is 9.95. The molecule has 0 radical (unpaired) electrons. The molecule has 7 heteroatoms. The van der Waals surface area contributed by atoms with Gasteiger partial charge in [-0.1, -0.05) is 12.8 Å². The fourth-order valence-electron chi connectivity index (χ4n) is 1.75. The topological polar surface area (TPSA) is 77.1 Å². The SMILES string of the molecule is Cl.Cn1cc(NC(=O)CCCCCCN)cc(Br)c1=O. The number of nitrogens with two attached hydrogens (primary N) is 1. The van der Waals surface area contributed by atoms with Crippen molar-refractivity contribution < 1.29 is 4.79 Å². The third-order valence-corrected chi connectivity index (χ3v) is 3.35. The molecule has 1 rings (SSSR count). The zero-order valence-corrected chi connectivity index (χ0v) is 13.9. The van der Waals surface area contributed by atoms with Gasteiger partial charge in [-0.25, -0.2) is 0 Å². The number of carbonyl (C=O) groups is 1. The number of hydrogen-bond acceptors (Lipinski definition) is 3. The number of pyridine rings is 1. The number of hydrogen-bond donors (Lipinski definition) is 2. The van der Waals surface area contributed by atoms with E-state index in [1.807, 2.05) is 0 Å². The van der Waals surface area contributed by atoms with Gasteiger partial charge >= 0.3 is 0 Å². The lowest BCUT2D eigenvalue weighted by atomic mass is 10.1. The van der Waals surface area contributed by atoms with Crippen LogP contribution in [-0.4, -0.2) is 17.0 Å². The first-order valence-electron chi connectivity index (χ1n) is 6.40. The lowest BCUT2D eigenvalue weighted by molar-refractivity contribution is -0.116. The van der Waals surface area contributed by atoms with E-state index in [1.54, 1.807) is 19.3 Å². The Kier molecular flexibility index (Phi) is 9.54. The number of halogens is 2. The van der Waals surface area contributed by atoms with Crippen molar-refractivity contribution in [2.45, 2.75) is 32.1 Å². The summed E-state index contributed by atoms with van der Waals surface area (Å²) in [5.74, 6) is -0.0294. The van der Waals surface area contributed by atoms with Gasteiger partial charge in [-0.15, -0.1) is 12.4 Å². The van der Waals surface area contributed by atoms with Gasteiger partial charge in [0.25, 0.3) is 5.56 Å². The minimum Gasteiger partial charge on any atom is -0.330 e. The zero-order chi connectivity index (χ0) is 14.3. The Morgan fingerprint density at radius 2 is 2.00 bits per heavy atom. The van der Waals surface area contributed by atoms with Crippen molar-refractivity contribution >= 4 is 39.9 Å². The van der Waals surface area contributed by atoms with E-state index >= 15 is 0 Å². The highest BCUT2D eigenvalue weighted by Gasteiger charge is 2.05. The second kappa shape index (κ2) is 9.96. The third-order valence-electron chi connectivity index (χ3n) is 2.78. The number of carbonyl (C=O) groups excluding carboxylic acids is 1.